The first-order valence-corrected chi connectivity index (χ1v) is 7.06. The molecule has 0 bridgehead atoms. The molecule has 3 rings (SSSR count). The maximum atomic E-state index is 12.5. The number of rotatable bonds is 2. The van der Waals surface area contributed by atoms with E-state index in [1.807, 2.05) is 25.1 Å². The fourth-order valence-corrected chi connectivity index (χ4v) is 2.86. The maximum absolute atomic E-state index is 12.5. The van der Waals surface area contributed by atoms with Gasteiger partial charge in [0.05, 0.1) is 11.0 Å². The molecule has 6 nitrogen and oxygen atoms in total. The number of piperidine rings is 1. The van der Waals surface area contributed by atoms with Gasteiger partial charge in [-0.05, 0) is 30.5 Å². The molecule has 6 heteroatoms. The lowest BCUT2D eigenvalue weighted by Crippen LogP contribution is -2.44. The number of nitrogens with one attached hydrogen (secondary N) is 1. The molecule has 2 amide bonds. The molecule has 0 spiro atoms. The molecule has 2 aromatic rings. The topological polar surface area (TPSA) is 73.1 Å². The summed E-state index contributed by atoms with van der Waals surface area (Å²) < 4.78 is 3.05. The van der Waals surface area contributed by atoms with Gasteiger partial charge in [0, 0.05) is 13.5 Å². The molecule has 1 unspecified atom stereocenters. The summed E-state index contributed by atoms with van der Waals surface area (Å²) >= 11 is 0. The molecule has 1 atom stereocenters. The van der Waals surface area contributed by atoms with E-state index in [0.717, 1.165) is 23.0 Å². The van der Waals surface area contributed by atoms with Gasteiger partial charge in [0.1, 0.15) is 6.04 Å². The van der Waals surface area contributed by atoms with E-state index >= 15 is 0 Å². The summed E-state index contributed by atoms with van der Waals surface area (Å²) in [5, 5.41) is 2.31. The molecule has 0 aliphatic carbocycles. The third-order valence-electron chi connectivity index (χ3n) is 4.08. The Balaban J connectivity index is 2.21. The lowest BCUT2D eigenvalue weighted by Gasteiger charge is -2.22. The normalized spacial score (nSPS) is 19.0. The number of carbonyl (C=O) groups excluding carboxylic acids is 2. The van der Waals surface area contributed by atoms with E-state index in [1.165, 1.54) is 4.57 Å². The van der Waals surface area contributed by atoms with E-state index in [2.05, 4.69) is 5.32 Å². The Morgan fingerprint density at radius 1 is 1.24 bits per heavy atom. The number of imide groups is 1. The van der Waals surface area contributed by atoms with Gasteiger partial charge >= 0.3 is 5.69 Å². The summed E-state index contributed by atoms with van der Waals surface area (Å²) in [5.74, 6) is -0.679. The monoisotopic (exact) mass is 287 g/mol. The van der Waals surface area contributed by atoms with Crippen molar-refractivity contribution in [3.8, 4) is 0 Å². The van der Waals surface area contributed by atoms with Crippen LogP contribution in [-0.4, -0.2) is 20.9 Å². The van der Waals surface area contributed by atoms with E-state index in [-0.39, 0.29) is 18.0 Å². The van der Waals surface area contributed by atoms with Gasteiger partial charge in [-0.15, -0.1) is 0 Å². The first kappa shape index (κ1) is 13.6. The maximum Gasteiger partial charge on any atom is 0.329 e. The van der Waals surface area contributed by atoms with Crippen molar-refractivity contribution in [1.82, 2.24) is 14.5 Å². The number of benzene rings is 1. The first-order chi connectivity index (χ1) is 10.0. The van der Waals surface area contributed by atoms with Crippen molar-refractivity contribution in [3.05, 3.63) is 34.2 Å². The van der Waals surface area contributed by atoms with Crippen molar-refractivity contribution in [2.75, 3.05) is 0 Å². The second-order valence-corrected chi connectivity index (χ2v) is 5.36. The van der Waals surface area contributed by atoms with Crippen LogP contribution in [0, 0.1) is 0 Å². The van der Waals surface area contributed by atoms with E-state index in [1.54, 1.807) is 11.6 Å². The van der Waals surface area contributed by atoms with Crippen LogP contribution in [0.1, 0.15) is 31.4 Å². The molecule has 110 valence electrons. The lowest BCUT2D eigenvalue weighted by atomic mass is 10.1. The van der Waals surface area contributed by atoms with Crippen LogP contribution in [0.5, 0.6) is 0 Å². The van der Waals surface area contributed by atoms with Gasteiger partial charge in [-0.1, -0.05) is 13.0 Å². The van der Waals surface area contributed by atoms with Crippen molar-refractivity contribution < 1.29 is 9.59 Å². The van der Waals surface area contributed by atoms with Crippen molar-refractivity contribution in [2.45, 2.75) is 32.2 Å². The second kappa shape index (κ2) is 4.87. The highest BCUT2D eigenvalue weighted by Gasteiger charge is 2.31. The Labute approximate surface area is 121 Å². The van der Waals surface area contributed by atoms with Crippen LogP contribution in [-0.2, 0) is 23.1 Å². The van der Waals surface area contributed by atoms with Gasteiger partial charge in [-0.3, -0.25) is 24.0 Å². The third-order valence-corrected chi connectivity index (χ3v) is 4.08. The SMILES string of the molecule is CCc1ccc2c(c1)n(C1CCC(=O)NC1=O)c(=O)n2C. The number of aryl methyl sites for hydroxylation is 2. The fraction of sp³-hybridized carbons (Fsp3) is 0.400. The number of fused-ring (bicyclic) bond motifs is 1. The summed E-state index contributed by atoms with van der Waals surface area (Å²) in [5.41, 5.74) is 2.42. The summed E-state index contributed by atoms with van der Waals surface area (Å²) in [6.45, 7) is 2.04. The molecule has 2 heterocycles. The molecule has 0 radical (unpaired) electrons. The second-order valence-electron chi connectivity index (χ2n) is 5.36. The van der Waals surface area contributed by atoms with Crippen molar-refractivity contribution in [2.24, 2.45) is 7.05 Å². The molecule has 1 aliphatic rings. The molecular formula is C15H17N3O3. The first-order valence-electron chi connectivity index (χ1n) is 7.06. The molecule has 21 heavy (non-hydrogen) atoms. The summed E-state index contributed by atoms with van der Waals surface area (Å²) in [6, 6.07) is 5.21. The van der Waals surface area contributed by atoms with Gasteiger partial charge in [-0.25, -0.2) is 4.79 Å². The van der Waals surface area contributed by atoms with Crippen molar-refractivity contribution >= 4 is 22.8 Å². The largest absolute Gasteiger partial charge is 0.329 e. The Morgan fingerprint density at radius 2 is 2.00 bits per heavy atom. The van der Waals surface area contributed by atoms with Crippen LogP contribution in [0.4, 0.5) is 0 Å². The van der Waals surface area contributed by atoms with Gasteiger partial charge in [-0.2, -0.15) is 0 Å². The highest BCUT2D eigenvalue weighted by atomic mass is 16.2. The standard InChI is InChI=1S/C15H17N3O3/c1-3-9-4-5-10-12(8-9)18(15(21)17(10)2)11-6-7-13(19)16-14(11)20/h4-5,8,11H,3,6-7H2,1-2H3,(H,16,19,20). The number of nitrogens with zero attached hydrogens (tertiary/aromatic N) is 2. The fourth-order valence-electron chi connectivity index (χ4n) is 2.86. The number of aromatic nitrogens is 2. The molecule has 1 aromatic carbocycles. The zero-order chi connectivity index (χ0) is 15.1. The van der Waals surface area contributed by atoms with Gasteiger partial charge in [0.2, 0.25) is 11.8 Å². The number of amides is 2. The molecule has 0 saturated carbocycles. The Bertz CT molecular complexity index is 800. The van der Waals surface area contributed by atoms with E-state index in [4.69, 9.17) is 0 Å². The smallest absolute Gasteiger partial charge is 0.295 e. The van der Waals surface area contributed by atoms with Crippen molar-refractivity contribution in [1.29, 1.82) is 0 Å². The third kappa shape index (κ3) is 2.07. The van der Waals surface area contributed by atoms with Crippen LogP contribution in [0.15, 0.2) is 23.0 Å². The van der Waals surface area contributed by atoms with Crippen LogP contribution < -0.4 is 11.0 Å². The highest BCUT2D eigenvalue weighted by Crippen LogP contribution is 2.23. The van der Waals surface area contributed by atoms with E-state index in [9.17, 15) is 14.4 Å². The average Bonchev–Trinajstić information content (AvgIpc) is 2.71. The molecule has 1 aromatic heterocycles. The van der Waals surface area contributed by atoms with Gasteiger partial charge < -0.3 is 0 Å². The Hall–Kier alpha value is -2.37. The minimum atomic E-state index is -0.619. The number of imidazole rings is 1. The van der Waals surface area contributed by atoms with Gasteiger partial charge in [0.15, 0.2) is 0 Å². The van der Waals surface area contributed by atoms with Crippen LogP contribution in [0.2, 0.25) is 0 Å². The zero-order valence-electron chi connectivity index (χ0n) is 12.0. The Kier molecular flexibility index (Phi) is 3.16. The van der Waals surface area contributed by atoms with Gasteiger partial charge in [0.25, 0.3) is 0 Å². The van der Waals surface area contributed by atoms with E-state index < -0.39 is 11.9 Å². The zero-order valence-corrected chi connectivity index (χ0v) is 12.0. The summed E-state index contributed by atoms with van der Waals surface area (Å²) in [7, 11) is 1.69. The minimum absolute atomic E-state index is 0.229. The van der Waals surface area contributed by atoms with E-state index in [0.29, 0.717) is 6.42 Å². The van der Waals surface area contributed by atoms with Crippen LogP contribution >= 0.6 is 0 Å². The predicted molar refractivity (Wildman–Crippen MR) is 78.0 cm³/mol. The molecule has 1 aliphatic heterocycles. The highest BCUT2D eigenvalue weighted by molar-refractivity contribution is 6.00. The number of hydrogen-bond acceptors (Lipinski definition) is 3. The number of hydrogen-bond donors (Lipinski definition) is 1. The summed E-state index contributed by atoms with van der Waals surface area (Å²) in [4.78, 5) is 35.8. The Morgan fingerprint density at radius 3 is 2.67 bits per heavy atom. The quantitative estimate of drug-likeness (QED) is 0.833. The summed E-state index contributed by atoms with van der Waals surface area (Å²) in [6.07, 6.45) is 1.47. The molecule has 1 N–H and O–H groups in total. The lowest BCUT2D eigenvalue weighted by molar-refractivity contribution is -0.135. The van der Waals surface area contributed by atoms with Crippen LogP contribution in [0.3, 0.4) is 0 Å². The molecule has 1 fully saturated rings. The minimum Gasteiger partial charge on any atom is -0.295 e. The van der Waals surface area contributed by atoms with Crippen molar-refractivity contribution in [3.63, 3.8) is 0 Å². The number of carbonyl (C=O) groups is 2. The van der Waals surface area contributed by atoms with Crippen LogP contribution in [0.25, 0.3) is 11.0 Å². The molecule has 1 saturated heterocycles. The molecular weight excluding hydrogens is 270 g/mol. The predicted octanol–water partition coefficient (Wildman–Crippen LogP) is 0.880. The average molecular weight is 287 g/mol.